The lowest BCUT2D eigenvalue weighted by Gasteiger charge is -2.29. The zero-order chi connectivity index (χ0) is 41.3. The number of carboxylic acids is 1. The molecule has 0 spiro atoms. The van der Waals surface area contributed by atoms with Crippen LogP contribution in [0, 0.1) is 11.8 Å². The first-order valence-electron chi connectivity index (χ1n) is 18.6. The molecule has 17 nitrogen and oxygen atoms in total. The quantitative estimate of drug-likeness (QED) is 0.0824. The predicted molar refractivity (Wildman–Crippen MR) is 204 cm³/mol. The Morgan fingerprint density at radius 1 is 0.836 bits per heavy atom. The summed E-state index contributed by atoms with van der Waals surface area (Å²) in [5.74, 6) is -3.70. The topological polar surface area (TPSA) is 267 Å². The van der Waals surface area contributed by atoms with Gasteiger partial charge in [0.25, 0.3) is 0 Å². The minimum absolute atomic E-state index is 0.00358. The Labute approximate surface area is 322 Å². The number of aromatic amines is 1. The van der Waals surface area contributed by atoms with Gasteiger partial charge in [0, 0.05) is 31.3 Å². The fourth-order valence-corrected chi connectivity index (χ4v) is 5.60. The third kappa shape index (κ3) is 18.2. The third-order valence-corrected chi connectivity index (χ3v) is 8.24. The number of benzene rings is 1. The van der Waals surface area contributed by atoms with Crippen LogP contribution in [-0.2, 0) is 41.6 Å². The molecule has 2 aromatic rings. The second kappa shape index (κ2) is 22.4. The predicted octanol–water partition coefficient (Wildman–Crippen LogP) is 1.30. The van der Waals surface area contributed by atoms with Gasteiger partial charge in [-0.1, -0.05) is 58.0 Å². The number of aliphatic hydroxyl groups is 1. The van der Waals surface area contributed by atoms with Crippen LogP contribution in [0.1, 0.15) is 85.4 Å². The maximum Gasteiger partial charge on any atom is 0.408 e. The van der Waals surface area contributed by atoms with E-state index in [0.29, 0.717) is 5.69 Å². The van der Waals surface area contributed by atoms with E-state index in [1.54, 1.807) is 45.0 Å². The summed E-state index contributed by atoms with van der Waals surface area (Å²) in [6.07, 6.45) is 0.885. The van der Waals surface area contributed by atoms with Crippen molar-refractivity contribution in [3.05, 3.63) is 54.1 Å². The number of carbonyl (C=O) groups excluding carboxylic acids is 5. The van der Waals surface area contributed by atoms with Crippen LogP contribution >= 0.6 is 0 Å². The number of hydrogen-bond acceptors (Lipinski definition) is 10. The highest BCUT2D eigenvalue weighted by molar-refractivity contribution is 5.92. The number of ether oxygens (including phenoxy) is 1. The number of carboxylic acid groups (broad SMARTS) is 1. The number of aliphatic carboxylic acids is 1. The summed E-state index contributed by atoms with van der Waals surface area (Å²) in [7, 11) is 0. The van der Waals surface area contributed by atoms with Crippen molar-refractivity contribution in [2.45, 2.75) is 129 Å². The van der Waals surface area contributed by atoms with Gasteiger partial charge < -0.3 is 52.3 Å². The fourth-order valence-electron chi connectivity index (χ4n) is 5.60. The number of nitrogens with one attached hydrogen (secondary N) is 6. The molecule has 5 amide bonds. The number of nitrogens with zero attached hydrogens (tertiary/aromatic N) is 1. The first-order valence-corrected chi connectivity index (χ1v) is 18.6. The van der Waals surface area contributed by atoms with Gasteiger partial charge in [-0.15, -0.1) is 0 Å². The van der Waals surface area contributed by atoms with E-state index >= 15 is 0 Å². The Balaban J connectivity index is 2.25. The number of amides is 5. The van der Waals surface area contributed by atoms with Crippen molar-refractivity contribution in [1.82, 2.24) is 36.6 Å². The number of aromatic nitrogens is 2. The van der Waals surface area contributed by atoms with Gasteiger partial charge >= 0.3 is 12.1 Å². The van der Waals surface area contributed by atoms with Crippen molar-refractivity contribution in [1.29, 1.82) is 0 Å². The highest BCUT2D eigenvalue weighted by atomic mass is 16.6. The summed E-state index contributed by atoms with van der Waals surface area (Å²) < 4.78 is 5.40. The maximum absolute atomic E-state index is 14.0. The van der Waals surface area contributed by atoms with Crippen molar-refractivity contribution in [3.8, 4) is 0 Å². The minimum atomic E-state index is -1.38. The van der Waals surface area contributed by atoms with Gasteiger partial charge in [-0.05, 0) is 57.4 Å². The number of aliphatic hydroxyl groups excluding tert-OH is 1. The van der Waals surface area contributed by atoms with Crippen molar-refractivity contribution < 1.29 is 43.7 Å². The van der Waals surface area contributed by atoms with Crippen LogP contribution < -0.4 is 32.3 Å². The van der Waals surface area contributed by atoms with Crippen LogP contribution in [0.25, 0.3) is 0 Å². The summed E-state index contributed by atoms with van der Waals surface area (Å²) in [6.45, 7) is 12.6. The normalized spacial score (nSPS) is 14.8. The SMILES string of the molecule is CC(C)CC(NC(=O)[C@H](Cc1cnc[nH]1)NC(=O)[C@H](Cc1ccccc1)NC(=O)OC(C)(C)C)C(O)CC(=O)N[C@@H](CC(C)C)C(=O)NCCC(N)C(=O)O. The molecule has 0 saturated heterocycles. The number of hydrogen-bond donors (Lipinski definition) is 9. The number of rotatable bonds is 22. The van der Waals surface area contributed by atoms with Gasteiger partial charge in [0.05, 0.1) is 24.9 Å². The van der Waals surface area contributed by atoms with Crippen LogP contribution in [0.3, 0.4) is 0 Å². The zero-order valence-corrected chi connectivity index (χ0v) is 32.9. The lowest BCUT2D eigenvalue weighted by atomic mass is 9.96. The zero-order valence-electron chi connectivity index (χ0n) is 32.9. The molecule has 1 heterocycles. The van der Waals surface area contributed by atoms with Gasteiger partial charge in [0.1, 0.15) is 29.8 Å². The molecule has 10 N–H and O–H groups in total. The Morgan fingerprint density at radius 3 is 2.02 bits per heavy atom. The average molecular weight is 773 g/mol. The van der Waals surface area contributed by atoms with Gasteiger partial charge in [-0.3, -0.25) is 24.0 Å². The molecule has 0 fully saturated rings. The molecule has 2 rings (SSSR count). The summed E-state index contributed by atoms with van der Waals surface area (Å²) in [4.78, 5) is 84.7. The number of nitrogens with two attached hydrogens (primary N) is 1. The third-order valence-electron chi connectivity index (χ3n) is 8.24. The molecule has 6 atom stereocenters. The summed E-state index contributed by atoms with van der Waals surface area (Å²) >= 11 is 0. The van der Waals surface area contributed by atoms with E-state index < -0.39 is 84.0 Å². The molecule has 0 radical (unpaired) electrons. The summed E-state index contributed by atoms with van der Waals surface area (Å²) in [5.41, 5.74) is 5.97. The standard InChI is InChI=1S/C38H60N8O9/c1-22(2)15-27(31(47)19-32(48)43-28(16-23(3)4)33(49)41-14-13-26(39)36(52)53)44-35(51)30(18-25-20-40-21-42-25)45-34(50)29(17-24-11-9-8-10-12-24)46-37(54)55-38(5,6)7/h8-12,20-23,26-31,47H,13-19,39H2,1-7H3,(H,40,42)(H,41,49)(H,43,48)(H,44,51)(H,45,50)(H,46,54)(H,52,53)/t26?,27?,28-,29-,30-,31?/m0/s1. The molecule has 55 heavy (non-hydrogen) atoms. The molecule has 17 heteroatoms. The van der Waals surface area contributed by atoms with Gasteiger partial charge in [0.2, 0.25) is 23.6 Å². The number of H-pyrrole nitrogens is 1. The highest BCUT2D eigenvalue weighted by Gasteiger charge is 2.33. The van der Waals surface area contributed by atoms with E-state index in [2.05, 4.69) is 36.6 Å². The Kier molecular flexibility index (Phi) is 18.8. The van der Waals surface area contributed by atoms with E-state index in [9.17, 15) is 33.9 Å². The molecular formula is C38H60N8O9. The number of imidazole rings is 1. The van der Waals surface area contributed by atoms with E-state index in [1.165, 1.54) is 12.5 Å². The molecular weight excluding hydrogens is 712 g/mol. The Bertz CT molecular complexity index is 1530. The first kappa shape index (κ1) is 46.1. The summed E-state index contributed by atoms with van der Waals surface area (Å²) in [6, 6.07) is 3.64. The Morgan fingerprint density at radius 2 is 1.45 bits per heavy atom. The molecule has 0 saturated carbocycles. The highest BCUT2D eigenvalue weighted by Crippen LogP contribution is 2.14. The van der Waals surface area contributed by atoms with Crippen molar-refractivity contribution in [2.75, 3.05) is 6.54 Å². The van der Waals surface area contributed by atoms with Crippen LogP contribution in [0.2, 0.25) is 0 Å². The first-order chi connectivity index (χ1) is 25.7. The molecule has 1 aromatic heterocycles. The largest absolute Gasteiger partial charge is 0.480 e. The van der Waals surface area contributed by atoms with E-state index in [-0.39, 0.29) is 50.5 Å². The average Bonchev–Trinajstić information content (AvgIpc) is 3.59. The lowest BCUT2D eigenvalue weighted by molar-refractivity contribution is -0.138. The lowest BCUT2D eigenvalue weighted by Crippen LogP contribution is -2.58. The minimum Gasteiger partial charge on any atom is -0.480 e. The molecule has 306 valence electrons. The molecule has 3 unspecified atom stereocenters. The maximum atomic E-state index is 14.0. The van der Waals surface area contributed by atoms with Crippen LogP contribution in [0.5, 0.6) is 0 Å². The molecule has 0 aliphatic carbocycles. The van der Waals surface area contributed by atoms with Gasteiger partial charge in [-0.2, -0.15) is 0 Å². The Hall–Kier alpha value is -5.03. The number of alkyl carbamates (subject to hydrolysis) is 1. The second-order valence-electron chi connectivity index (χ2n) is 15.5. The van der Waals surface area contributed by atoms with Gasteiger partial charge in [0.15, 0.2) is 0 Å². The van der Waals surface area contributed by atoms with Crippen molar-refractivity contribution in [3.63, 3.8) is 0 Å². The van der Waals surface area contributed by atoms with E-state index in [1.807, 2.05) is 33.8 Å². The molecule has 0 bridgehead atoms. The van der Waals surface area contributed by atoms with E-state index in [0.717, 1.165) is 5.56 Å². The fraction of sp³-hybridized carbons (Fsp3) is 0.605. The van der Waals surface area contributed by atoms with Crippen LogP contribution in [0.4, 0.5) is 4.79 Å². The number of carbonyl (C=O) groups is 6. The molecule has 1 aromatic carbocycles. The summed E-state index contributed by atoms with van der Waals surface area (Å²) in [5, 5.41) is 33.8. The monoisotopic (exact) mass is 772 g/mol. The van der Waals surface area contributed by atoms with Crippen LogP contribution in [-0.4, -0.2) is 104 Å². The molecule has 0 aliphatic rings. The molecule has 0 aliphatic heterocycles. The smallest absolute Gasteiger partial charge is 0.408 e. The van der Waals surface area contributed by atoms with Crippen molar-refractivity contribution in [2.24, 2.45) is 17.6 Å². The van der Waals surface area contributed by atoms with Crippen molar-refractivity contribution >= 4 is 35.7 Å². The van der Waals surface area contributed by atoms with Gasteiger partial charge in [-0.25, -0.2) is 9.78 Å². The van der Waals surface area contributed by atoms with Crippen LogP contribution in [0.15, 0.2) is 42.9 Å². The van der Waals surface area contributed by atoms with E-state index in [4.69, 9.17) is 15.6 Å². The second-order valence-corrected chi connectivity index (χ2v) is 15.5.